The van der Waals surface area contributed by atoms with Crippen LogP contribution in [0.4, 0.5) is 17.2 Å². The van der Waals surface area contributed by atoms with E-state index in [9.17, 15) is 14.9 Å². The fourth-order valence-corrected chi connectivity index (χ4v) is 1.65. The van der Waals surface area contributed by atoms with Crippen LogP contribution in [0.15, 0.2) is 42.6 Å². The number of hydrogen-bond donors (Lipinski definition) is 1. The van der Waals surface area contributed by atoms with Crippen LogP contribution in [0.25, 0.3) is 0 Å². The molecule has 6 nitrogen and oxygen atoms in total. The molecule has 2 aromatic rings. The van der Waals surface area contributed by atoms with E-state index in [1.807, 2.05) is 0 Å². The molecule has 0 amide bonds. The van der Waals surface area contributed by atoms with E-state index in [1.54, 1.807) is 12.1 Å². The number of carbonyl (C=O) groups excluding carboxylic acids is 1. The maximum Gasteiger partial charge on any atom is 0.271 e. The summed E-state index contributed by atoms with van der Waals surface area (Å²) in [5.74, 6) is 0.253. The fraction of sp³-hybridized carbons (Fsp3) is 0. The van der Waals surface area contributed by atoms with Crippen LogP contribution < -0.4 is 5.32 Å². The van der Waals surface area contributed by atoms with Gasteiger partial charge in [0, 0.05) is 24.0 Å². The first-order chi connectivity index (χ1) is 9.08. The van der Waals surface area contributed by atoms with Crippen LogP contribution in [0, 0.1) is 10.1 Å². The third-order valence-corrected chi connectivity index (χ3v) is 2.54. The maximum atomic E-state index is 11.2. The second kappa shape index (κ2) is 5.45. The van der Waals surface area contributed by atoms with Crippen molar-refractivity contribution in [2.75, 3.05) is 5.32 Å². The largest absolute Gasteiger partial charge is 0.339 e. The molecular weight excluding hydrogens is 270 g/mol. The van der Waals surface area contributed by atoms with Gasteiger partial charge in [-0.05, 0) is 29.8 Å². The summed E-state index contributed by atoms with van der Waals surface area (Å²) in [4.78, 5) is 25.4. The summed E-state index contributed by atoms with van der Waals surface area (Å²) < 4.78 is 0. The molecule has 0 saturated carbocycles. The predicted octanol–water partition coefficient (Wildman–Crippen LogP) is 3.11. The van der Waals surface area contributed by atoms with E-state index in [-0.39, 0.29) is 17.1 Å². The molecule has 0 radical (unpaired) electrons. The number of nitro groups is 1. The third-order valence-electron chi connectivity index (χ3n) is 2.34. The number of pyridine rings is 1. The summed E-state index contributed by atoms with van der Waals surface area (Å²) in [5, 5.41) is 12.8. The maximum absolute atomic E-state index is 11.2. The van der Waals surface area contributed by atoms with Crippen LogP contribution >= 0.6 is 11.6 Å². The summed E-state index contributed by atoms with van der Waals surface area (Å²) in [7, 11) is 0. The smallest absolute Gasteiger partial charge is 0.271 e. The Morgan fingerprint density at radius 3 is 2.79 bits per heavy atom. The number of benzene rings is 1. The molecule has 1 N–H and O–H groups in total. The first kappa shape index (κ1) is 13.0. The summed E-state index contributed by atoms with van der Waals surface area (Å²) in [5.41, 5.74) is 0.599. The zero-order valence-electron chi connectivity index (χ0n) is 9.54. The molecule has 2 rings (SSSR count). The molecule has 0 aliphatic carbocycles. The van der Waals surface area contributed by atoms with E-state index < -0.39 is 10.2 Å². The molecule has 1 heterocycles. The average Bonchev–Trinajstić information content (AvgIpc) is 2.39. The second-order valence-corrected chi connectivity index (χ2v) is 3.95. The van der Waals surface area contributed by atoms with Crippen molar-refractivity contribution in [2.24, 2.45) is 0 Å². The number of nitro benzene ring substituents is 1. The number of hydrogen-bond acceptors (Lipinski definition) is 5. The molecule has 0 aliphatic heterocycles. The van der Waals surface area contributed by atoms with Crippen molar-refractivity contribution in [3.05, 3.63) is 58.3 Å². The lowest BCUT2D eigenvalue weighted by atomic mass is 10.2. The Kier molecular flexibility index (Phi) is 3.72. The number of anilines is 2. The van der Waals surface area contributed by atoms with Crippen LogP contribution in [-0.2, 0) is 0 Å². The van der Waals surface area contributed by atoms with Gasteiger partial charge in [0.25, 0.3) is 10.9 Å². The van der Waals surface area contributed by atoms with Crippen molar-refractivity contribution in [3.8, 4) is 0 Å². The number of aromatic nitrogens is 1. The Hall–Kier alpha value is -2.47. The van der Waals surface area contributed by atoms with Crippen molar-refractivity contribution in [2.45, 2.75) is 0 Å². The molecule has 0 saturated heterocycles. The highest BCUT2D eigenvalue weighted by atomic mass is 35.5. The van der Waals surface area contributed by atoms with Crippen molar-refractivity contribution >= 4 is 34.0 Å². The zero-order chi connectivity index (χ0) is 13.8. The number of non-ortho nitro benzene ring substituents is 1. The Morgan fingerprint density at radius 2 is 2.11 bits per heavy atom. The minimum atomic E-state index is -0.652. The van der Waals surface area contributed by atoms with Gasteiger partial charge in [0.2, 0.25) is 0 Å². The molecule has 19 heavy (non-hydrogen) atoms. The van der Waals surface area contributed by atoms with Crippen molar-refractivity contribution in [1.82, 2.24) is 4.98 Å². The van der Waals surface area contributed by atoms with Gasteiger partial charge in [-0.3, -0.25) is 14.9 Å². The molecular formula is C12H8ClN3O3. The van der Waals surface area contributed by atoms with Crippen LogP contribution in [0.2, 0.25) is 0 Å². The molecule has 7 heteroatoms. The van der Waals surface area contributed by atoms with Crippen LogP contribution in [0.1, 0.15) is 10.4 Å². The summed E-state index contributed by atoms with van der Waals surface area (Å²) in [6.07, 6.45) is 1.49. The van der Waals surface area contributed by atoms with E-state index in [4.69, 9.17) is 11.6 Å². The van der Waals surface area contributed by atoms with Crippen LogP contribution in [0.5, 0.6) is 0 Å². The lowest BCUT2D eigenvalue weighted by molar-refractivity contribution is -0.384. The number of halogens is 1. The molecule has 0 atom stereocenters. The number of nitrogens with one attached hydrogen (secondary N) is 1. The first-order valence-corrected chi connectivity index (χ1v) is 5.62. The Labute approximate surface area is 113 Å². The molecule has 0 spiro atoms. The minimum absolute atomic E-state index is 0.0559. The molecule has 96 valence electrons. The standard InChI is InChI=1S/C12H8ClN3O3/c13-11(17)10-5-2-6-14-12(10)15-8-3-1-4-9(7-8)16(18)19/h1-7H,(H,14,15). The normalized spacial score (nSPS) is 9.95. The summed E-state index contributed by atoms with van der Waals surface area (Å²) in [6, 6.07) is 8.97. The molecule has 0 bridgehead atoms. The summed E-state index contributed by atoms with van der Waals surface area (Å²) in [6.45, 7) is 0. The number of rotatable bonds is 4. The van der Waals surface area contributed by atoms with Crippen LogP contribution in [0.3, 0.4) is 0 Å². The second-order valence-electron chi connectivity index (χ2n) is 3.61. The van der Waals surface area contributed by atoms with Gasteiger partial charge >= 0.3 is 0 Å². The molecule has 0 fully saturated rings. The van der Waals surface area contributed by atoms with Crippen LogP contribution in [-0.4, -0.2) is 15.1 Å². The van der Waals surface area contributed by atoms with Crippen molar-refractivity contribution < 1.29 is 9.72 Å². The third kappa shape index (κ3) is 3.05. The van der Waals surface area contributed by atoms with Gasteiger partial charge in [-0.25, -0.2) is 4.98 Å². The monoisotopic (exact) mass is 277 g/mol. The fourth-order valence-electron chi connectivity index (χ4n) is 1.50. The van der Waals surface area contributed by atoms with Gasteiger partial charge in [0.15, 0.2) is 0 Å². The van der Waals surface area contributed by atoms with Crippen molar-refractivity contribution in [1.29, 1.82) is 0 Å². The molecule has 1 aromatic heterocycles. The Morgan fingerprint density at radius 1 is 1.32 bits per heavy atom. The van der Waals surface area contributed by atoms with E-state index in [0.29, 0.717) is 5.69 Å². The first-order valence-electron chi connectivity index (χ1n) is 5.24. The topological polar surface area (TPSA) is 85.1 Å². The SMILES string of the molecule is O=C(Cl)c1cccnc1Nc1cccc([N+](=O)[O-])c1. The average molecular weight is 278 g/mol. The number of carbonyl (C=O) groups is 1. The minimum Gasteiger partial charge on any atom is -0.339 e. The lowest BCUT2D eigenvalue weighted by Gasteiger charge is -2.07. The lowest BCUT2D eigenvalue weighted by Crippen LogP contribution is -2.01. The predicted molar refractivity (Wildman–Crippen MR) is 70.8 cm³/mol. The van der Waals surface area contributed by atoms with E-state index in [1.165, 1.54) is 30.5 Å². The van der Waals surface area contributed by atoms with E-state index in [0.717, 1.165) is 0 Å². The Bertz CT molecular complexity index is 646. The van der Waals surface area contributed by atoms with Gasteiger partial charge in [-0.1, -0.05) is 6.07 Å². The highest BCUT2D eigenvalue weighted by Gasteiger charge is 2.11. The Balaban J connectivity index is 2.34. The highest BCUT2D eigenvalue weighted by Crippen LogP contribution is 2.23. The van der Waals surface area contributed by atoms with Crippen molar-refractivity contribution in [3.63, 3.8) is 0 Å². The van der Waals surface area contributed by atoms with Gasteiger partial charge < -0.3 is 5.32 Å². The van der Waals surface area contributed by atoms with Gasteiger partial charge in [-0.2, -0.15) is 0 Å². The van der Waals surface area contributed by atoms with Gasteiger partial charge in [0.05, 0.1) is 10.5 Å². The quantitative estimate of drug-likeness (QED) is 0.527. The molecule has 1 aromatic carbocycles. The summed E-state index contributed by atoms with van der Waals surface area (Å²) >= 11 is 5.43. The highest BCUT2D eigenvalue weighted by molar-refractivity contribution is 6.68. The van der Waals surface area contributed by atoms with Gasteiger partial charge in [-0.15, -0.1) is 0 Å². The van der Waals surface area contributed by atoms with Gasteiger partial charge in [0.1, 0.15) is 5.82 Å². The molecule has 0 unspecified atom stereocenters. The van der Waals surface area contributed by atoms with E-state index >= 15 is 0 Å². The number of nitrogens with zero attached hydrogens (tertiary/aromatic N) is 2. The van der Waals surface area contributed by atoms with E-state index in [2.05, 4.69) is 10.3 Å². The zero-order valence-corrected chi connectivity index (χ0v) is 10.3. The molecule has 0 aliphatic rings.